The van der Waals surface area contributed by atoms with Crippen LogP contribution in [0.1, 0.15) is 0 Å². The van der Waals surface area contributed by atoms with Gasteiger partial charge in [-0.1, -0.05) is 0 Å². The normalized spacial score (nSPS) is 9.71. The summed E-state index contributed by atoms with van der Waals surface area (Å²) in [6, 6.07) is 0. The molecule has 0 radical (unpaired) electrons. The molecule has 0 saturated carbocycles. The summed E-state index contributed by atoms with van der Waals surface area (Å²) in [4.78, 5) is 17.9. The van der Waals surface area contributed by atoms with Gasteiger partial charge in [0.15, 0.2) is 5.82 Å². The number of carbonyl (C=O) groups excluding carboxylic acids is 1. The summed E-state index contributed by atoms with van der Waals surface area (Å²) in [6.07, 6.45) is 7.65. The Hall–Kier alpha value is -2.31. The number of hydrogen-bond acceptors (Lipinski definition) is 5. The molecule has 0 aliphatic rings. The van der Waals surface area contributed by atoms with Gasteiger partial charge in [0.25, 0.3) is 0 Å². The van der Waals surface area contributed by atoms with E-state index in [0.717, 1.165) is 0 Å². The van der Waals surface area contributed by atoms with Crippen LogP contribution >= 0.6 is 0 Å². The van der Waals surface area contributed by atoms with Gasteiger partial charge in [-0.2, -0.15) is 10.2 Å². The van der Waals surface area contributed by atoms with Crippen molar-refractivity contribution in [1.82, 2.24) is 29.5 Å². The fourth-order valence-corrected chi connectivity index (χ4v) is 0.972. The minimum atomic E-state index is 0.468. The van der Waals surface area contributed by atoms with Gasteiger partial charge >= 0.3 is 0 Å². The fraction of sp³-hybridized carbons (Fsp3) is 0. The van der Waals surface area contributed by atoms with Crippen molar-refractivity contribution in [2.45, 2.75) is 0 Å². The minimum Gasteiger partial charge on any atom is -0.298 e. The van der Waals surface area contributed by atoms with Crippen LogP contribution < -0.4 is 0 Å². The molecule has 0 aliphatic heterocycles. The summed E-state index contributed by atoms with van der Waals surface area (Å²) in [5.41, 5.74) is 0. The smallest absolute Gasteiger partial charge is 0.161 e. The van der Waals surface area contributed by atoms with E-state index in [-0.39, 0.29) is 0 Å². The monoisotopic (exact) mass is 190 g/mol. The summed E-state index contributed by atoms with van der Waals surface area (Å²) in [6.45, 7) is 0. The van der Waals surface area contributed by atoms with E-state index in [4.69, 9.17) is 0 Å². The molecule has 70 valence electrons. The molecule has 2 rings (SSSR count). The summed E-state index contributed by atoms with van der Waals surface area (Å²) in [7, 11) is 0. The van der Waals surface area contributed by atoms with Crippen molar-refractivity contribution < 1.29 is 4.79 Å². The third kappa shape index (κ3) is 1.42. The fourth-order valence-electron chi connectivity index (χ4n) is 0.972. The van der Waals surface area contributed by atoms with E-state index in [2.05, 4.69) is 20.2 Å². The third-order valence-electron chi connectivity index (χ3n) is 1.52. The standard InChI is InChI=1S/C7H6N6O/c14-2-1-7(12-5-8-3-10-12)13-6-9-4-11-13/h1-6H. The zero-order valence-electron chi connectivity index (χ0n) is 7.06. The molecule has 0 fully saturated rings. The average Bonchev–Trinajstić information content (AvgIpc) is 2.87. The molecular weight excluding hydrogens is 184 g/mol. The molecule has 0 spiro atoms. The van der Waals surface area contributed by atoms with Crippen molar-refractivity contribution in [2.75, 3.05) is 0 Å². The van der Waals surface area contributed by atoms with E-state index in [0.29, 0.717) is 12.1 Å². The maximum absolute atomic E-state index is 10.4. The Bertz CT molecular complexity index is 392. The minimum absolute atomic E-state index is 0.468. The first-order chi connectivity index (χ1) is 6.92. The summed E-state index contributed by atoms with van der Waals surface area (Å²) >= 11 is 0. The lowest BCUT2D eigenvalue weighted by Gasteiger charge is -2.03. The average molecular weight is 190 g/mol. The van der Waals surface area contributed by atoms with Crippen molar-refractivity contribution in [3.05, 3.63) is 37.2 Å². The predicted molar refractivity (Wildman–Crippen MR) is 44.7 cm³/mol. The van der Waals surface area contributed by atoms with E-state index < -0.39 is 0 Å². The molecule has 0 unspecified atom stereocenters. The number of allylic oxidation sites excluding steroid dienone is 1. The molecule has 7 heteroatoms. The Morgan fingerprint density at radius 3 is 2.00 bits per heavy atom. The highest BCUT2D eigenvalue weighted by Gasteiger charge is 2.03. The molecule has 7 nitrogen and oxygen atoms in total. The van der Waals surface area contributed by atoms with E-state index in [1.54, 1.807) is 0 Å². The molecule has 0 bridgehead atoms. The van der Waals surface area contributed by atoms with Crippen LogP contribution in [0.4, 0.5) is 0 Å². The molecule has 0 atom stereocenters. The Morgan fingerprint density at radius 2 is 1.64 bits per heavy atom. The van der Waals surface area contributed by atoms with Crippen LogP contribution in [0.5, 0.6) is 0 Å². The van der Waals surface area contributed by atoms with Gasteiger partial charge in [-0.05, 0) is 0 Å². The van der Waals surface area contributed by atoms with Crippen molar-refractivity contribution in [3.8, 4) is 0 Å². The van der Waals surface area contributed by atoms with E-state index in [1.807, 2.05) is 0 Å². The van der Waals surface area contributed by atoms with Crippen LogP contribution in [-0.2, 0) is 4.79 Å². The molecule has 0 aliphatic carbocycles. The zero-order valence-corrected chi connectivity index (χ0v) is 7.06. The summed E-state index contributed by atoms with van der Waals surface area (Å²) in [5.74, 6) is 0.468. The van der Waals surface area contributed by atoms with E-state index in [9.17, 15) is 4.79 Å². The first-order valence-corrected chi connectivity index (χ1v) is 3.77. The number of aromatic nitrogens is 6. The van der Waals surface area contributed by atoms with Crippen LogP contribution in [0.2, 0.25) is 0 Å². The summed E-state index contributed by atoms with van der Waals surface area (Å²) < 4.78 is 2.84. The van der Waals surface area contributed by atoms with Crippen molar-refractivity contribution in [1.29, 1.82) is 0 Å². The predicted octanol–water partition coefficient (Wildman–Crippen LogP) is -0.768. The Labute approximate surface area is 78.7 Å². The molecule has 2 aromatic heterocycles. The second-order valence-electron chi connectivity index (χ2n) is 2.34. The molecule has 0 N–H and O–H groups in total. The van der Waals surface area contributed by atoms with Gasteiger partial charge in [0, 0.05) is 6.08 Å². The summed E-state index contributed by atoms with van der Waals surface area (Å²) in [5, 5.41) is 7.76. The number of carbonyl (C=O) groups is 1. The highest BCUT2D eigenvalue weighted by Crippen LogP contribution is 1.96. The van der Waals surface area contributed by atoms with E-state index in [1.165, 1.54) is 40.7 Å². The Balaban J connectivity index is 2.45. The molecule has 2 aromatic rings. The van der Waals surface area contributed by atoms with Crippen LogP contribution in [-0.4, -0.2) is 35.8 Å². The highest BCUT2D eigenvalue weighted by atomic mass is 16.1. The molecule has 0 aromatic carbocycles. The first kappa shape index (κ1) is 8.30. The Kier molecular flexibility index (Phi) is 2.14. The van der Waals surface area contributed by atoms with Gasteiger partial charge in [-0.25, -0.2) is 19.3 Å². The zero-order chi connectivity index (χ0) is 9.80. The lowest BCUT2D eigenvalue weighted by molar-refractivity contribution is -0.104. The maximum atomic E-state index is 10.4. The van der Waals surface area contributed by atoms with E-state index >= 15 is 0 Å². The molecule has 0 amide bonds. The van der Waals surface area contributed by atoms with Crippen LogP contribution in [0.3, 0.4) is 0 Å². The molecule has 14 heavy (non-hydrogen) atoms. The van der Waals surface area contributed by atoms with Crippen LogP contribution in [0.25, 0.3) is 0 Å². The van der Waals surface area contributed by atoms with Gasteiger partial charge in [-0.15, -0.1) is 0 Å². The quantitative estimate of drug-likeness (QED) is 0.469. The largest absolute Gasteiger partial charge is 0.298 e. The van der Waals surface area contributed by atoms with Crippen molar-refractivity contribution in [2.24, 2.45) is 0 Å². The van der Waals surface area contributed by atoms with Crippen LogP contribution in [0, 0.1) is 5.82 Å². The second-order valence-corrected chi connectivity index (χ2v) is 2.34. The molecular formula is C7H6N6O. The van der Waals surface area contributed by atoms with Crippen molar-refractivity contribution in [3.63, 3.8) is 0 Å². The number of nitrogens with zero attached hydrogens (tertiary/aromatic N) is 6. The molecule has 0 saturated heterocycles. The van der Waals surface area contributed by atoms with Crippen molar-refractivity contribution >= 4 is 6.29 Å². The molecule has 2 heterocycles. The highest BCUT2D eigenvalue weighted by molar-refractivity contribution is 5.64. The van der Waals surface area contributed by atoms with Gasteiger partial charge in [-0.3, -0.25) is 4.79 Å². The number of hydrogen-bond donors (Lipinski definition) is 0. The second kappa shape index (κ2) is 3.60. The lowest BCUT2D eigenvalue weighted by atomic mass is 10.6. The van der Waals surface area contributed by atoms with Crippen LogP contribution in [0.15, 0.2) is 31.4 Å². The SMILES string of the molecule is O=CC=C(n1cncn1)n1cncn1. The van der Waals surface area contributed by atoms with Gasteiger partial charge < -0.3 is 0 Å². The van der Waals surface area contributed by atoms with Gasteiger partial charge in [0.2, 0.25) is 0 Å². The van der Waals surface area contributed by atoms with Gasteiger partial charge in [0.05, 0.1) is 0 Å². The number of aldehydes is 1. The maximum Gasteiger partial charge on any atom is 0.161 e. The Morgan fingerprint density at radius 1 is 1.07 bits per heavy atom. The lowest BCUT2D eigenvalue weighted by Crippen LogP contribution is -2.12. The third-order valence-corrected chi connectivity index (χ3v) is 1.52. The number of rotatable bonds is 3. The topological polar surface area (TPSA) is 78.5 Å². The first-order valence-electron chi connectivity index (χ1n) is 3.77. The van der Waals surface area contributed by atoms with Gasteiger partial charge in [0.1, 0.15) is 31.6 Å².